The summed E-state index contributed by atoms with van der Waals surface area (Å²) in [7, 11) is 0. The van der Waals surface area contributed by atoms with Gasteiger partial charge in [0.05, 0.1) is 5.56 Å². The lowest BCUT2D eigenvalue weighted by Crippen LogP contribution is -2.04. The average molecular weight is 280 g/mol. The van der Waals surface area contributed by atoms with Gasteiger partial charge in [0, 0.05) is 11.3 Å². The van der Waals surface area contributed by atoms with E-state index in [2.05, 4.69) is 15.3 Å². The number of carbonyl (C=O) groups excluding carboxylic acids is 1. The van der Waals surface area contributed by atoms with Crippen LogP contribution in [-0.4, -0.2) is 16.3 Å². The molecule has 6 heteroatoms. The number of carbonyl (C=O) groups is 1. The second-order valence-corrected chi connectivity index (χ2v) is 4.34. The normalized spacial score (nSPS) is 10.3. The van der Waals surface area contributed by atoms with E-state index in [-0.39, 0.29) is 22.4 Å². The zero-order valence-electron chi connectivity index (χ0n) is 10.4. The Hall–Kier alpha value is -2.01. The number of benzene rings is 1. The van der Waals surface area contributed by atoms with Gasteiger partial charge in [-0.15, -0.1) is 0 Å². The lowest BCUT2D eigenvalue weighted by atomic mass is 10.2. The number of halogens is 2. The standard InChI is InChI=1S/C13H11ClFN3O/c1-7-10(15)4-3-5-11(7)18-13-9(6-19)12(14)16-8(2)17-13/h3-6H,1-2H3,(H,16,17,18). The van der Waals surface area contributed by atoms with E-state index in [1.54, 1.807) is 26.0 Å². The number of hydrogen-bond donors (Lipinski definition) is 1. The predicted octanol–water partition coefficient (Wildman–Crippen LogP) is 3.44. The van der Waals surface area contributed by atoms with E-state index in [4.69, 9.17) is 11.6 Å². The Balaban J connectivity index is 2.49. The Bertz CT molecular complexity index is 646. The number of aryl methyl sites for hydroxylation is 1. The minimum absolute atomic E-state index is 0.0686. The Morgan fingerprint density at radius 3 is 2.74 bits per heavy atom. The van der Waals surface area contributed by atoms with Gasteiger partial charge in [0.25, 0.3) is 0 Å². The summed E-state index contributed by atoms with van der Waals surface area (Å²) in [6, 6.07) is 4.62. The molecule has 0 spiro atoms. The minimum Gasteiger partial charge on any atom is -0.339 e. The molecule has 0 aliphatic heterocycles. The maximum Gasteiger partial charge on any atom is 0.156 e. The van der Waals surface area contributed by atoms with Gasteiger partial charge in [-0.2, -0.15) is 0 Å². The van der Waals surface area contributed by atoms with Gasteiger partial charge in [-0.3, -0.25) is 4.79 Å². The highest BCUT2D eigenvalue weighted by Crippen LogP contribution is 2.25. The Morgan fingerprint density at radius 2 is 2.05 bits per heavy atom. The number of nitrogens with zero attached hydrogens (tertiary/aromatic N) is 2. The van der Waals surface area contributed by atoms with Crippen molar-refractivity contribution in [2.45, 2.75) is 13.8 Å². The van der Waals surface area contributed by atoms with Crippen molar-refractivity contribution in [3.63, 3.8) is 0 Å². The van der Waals surface area contributed by atoms with E-state index in [0.29, 0.717) is 23.4 Å². The number of hydrogen-bond acceptors (Lipinski definition) is 4. The lowest BCUT2D eigenvalue weighted by molar-refractivity contribution is 0.112. The van der Waals surface area contributed by atoms with Gasteiger partial charge in [0.2, 0.25) is 0 Å². The molecule has 0 amide bonds. The molecule has 0 radical (unpaired) electrons. The molecule has 98 valence electrons. The summed E-state index contributed by atoms with van der Waals surface area (Å²) in [6.07, 6.45) is 0.568. The molecule has 1 N–H and O–H groups in total. The summed E-state index contributed by atoms with van der Waals surface area (Å²) in [4.78, 5) is 19.0. The molecule has 2 rings (SSSR count). The molecular formula is C13H11ClFN3O. The van der Waals surface area contributed by atoms with Crippen LogP contribution in [0, 0.1) is 19.7 Å². The molecule has 19 heavy (non-hydrogen) atoms. The highest BCUT2D eigenvalue weighted by molar-refractivity contribution is 6.32. The van der Waals surface area contributed by atoms with Crippen LogP contribution in [0.4, 0.5) is 15.9 Å². The fraction of sp³-hybridized carbons (Fsp3) is 0.154. The number of nitrogens with one attached hydrogen (secondary N) is 1. The van der Waals surface area contributed by atoms with Crippen LogP contribution in [0.15, 0.2) is 18.2 Å². The third-order valence-corrected chi connectivity index (χ3v) is 2.94. The summed E-state index contributed by atoms with van der Waals surface area (Å²) in [6.45, 7) is 3.29. The van der Waals surface area contributed by atoms with Gasteiger partial charge in [-0.25, -0.2) is 14.4 Å². The van der Waals surface area contributed by atoms with Crippen LogP contribution in [-0.2, 0) is 0 Å². The Kier molecular flexibility index (Phi) is 3.76. The molecule has 0 aliphatic carbocycles. The molecule has 1 aromatic carbocycles. The highest BCUT2D eigenvalue weighted by atomic mass is 35.5. The summed E-state index contributed by atoms with van der Waals surface area (Å²) >= 11 is 5.88. The van der Waals surface area contributed by atoms with Crippen LogP contribution in [0.1, 0.15) is 21.7 Å². The first-order chi connectivity index (χ1) is 9.02. The molecule has 0 bridgehead atoms. The lowest BCUT2D eigenvalue weighted by Gasteiger charge is -2.12. The van der Waals surface area contributed by atoms with E-state index < -0.39 is 0 Å². The zero-order chi connectivity index (χ0) is 14.0. The first kappa shape index (κ1) is 13.4. The molecule has 1 heterocycles. The van der Waals surface area contributed by atoms with Crippen molar-refractivity contribution in [1.29, 1.82) is 0 Å². The second kappa shape index (κ2) is 5.32. The molecule has 0 saturated carbocycles. The van der Waals surface area contributed by atoms with E-state index in [0.717, 1.165) is 0 Å². The second-order valence-electron chi connectivity index (χ2n) is 3.98. The van der Waals surface area contributed by atoms with Crippen LogP contribution < -0.4 is 5.32 Å². The number of rotatable bonds is 3. The SMILES string of the molecule is Cc1nc(Cl)c(C=O)c(Nc2cccc(F)c2C)n1. The molecule has 0 atom stereocenters. The van der Waals surface area contributed by atoms with Crippen molar-refractivity contribution in [3.8, 4) is 0 Å². The van der Waals surface area contributed by atoms with Crippen LogP contribution >= 0.6 is 11.6 Å². The third-order valence-electron chi connectivity index (χ3n) is 2.65. The van der Waals surface area contributed by atoms with E-state index in [1.165, 1.54) is 6.07 Å². The van der Waals surface area contributed by atoms with E-state index in [1.807, 2.05) is 0 Å². The molecule has 0 aliphatic rings. The molecule has 0 saturated heterocycles. The van der Waals surface area contributed by atoms with Gasteiger partial charge in [0.15, 0.2) is 6.29 Å². The van der Waals surface area contributed by atoms with Crippen molar-refractivity contribution in [1.82, 2.24) is 9.97 Å². The third kappa shape index (κ3) is 2.71. The van der Waals surface area contributed by atoms with Crippen LogP contribution in [0.5, 0.6) is 0 Å². The summed E-state index contributed by atoms with van der Waals surface area (Å²) in [5.41, 5.74) is 1.11. The predicted molar refractivity (Wildman–Crippen MR) is 71.6 cm³/mol. The number of aldehydes is 1. The molecule has 0 fully saturated rings. The van der Waals surface area contributed by atoms with Crippen LogP contribution in [0.3, 0.4) is 0 Å². The van der Waals surface area contributed by atoms with Crippen LogP contribution in [0.2, 0.25) is 5.15 Å². The summed E-state index contributed by atoms with van der Waals surface area (Å²) in [5, 5.41) is 2.98. The maximum absolute atomic E-state index is 13.5. The largest absolute Gasteiger partial charge is 0.339 e. The smallest absolute Gasteiger partial charge is 0.156 e. The highest BCUT2D eigenvalue weighted by Gasteiger charge is 2.12. The van der Waals surface area contributed by atoms with Crippen molar-refractivity contribution in [3.05, 3.63) is 46.1 Å². The van der Waals surface area contributed by atoms with Gasteiger partial charge >= 0.3 is 0 Å². The fourth-order valence-electron chi connectivity index (χ4n) is 1.62. The summed E-state index contributed by atoms with van der Waals surface area (Å²) in [5.74, 6) is 0.350. The Morgan fingerprint density at radius 1 is 1.32 bits per heavy atom. The molecule has 4 nitrogen and oxygen atoms in total. The first-order valence-electron chi connectivity index (χ1n) is 5.54. The quantitative estimate of drug-likeness (QED) is 0.691. The van der Waals surface area contributed by atoms with Crippen molar-refractivity contribution in [2.24, 2.45) is 0 Å². The maximum atomic E-state index is 13.5. The molecule has 0 unspecified atom stereocenters. The minimum atomic E-state index is -0.338. The van der Waals surface area contributed by atoms with Gasteiger partial charge in [0.1, 0.15) is 22.6 Å². The average Bonchev–Trinajstić information content (AvgIpc) is 2.34. The zero-order valence-corrected chi connectivity index (χ0v) is 11.1. The van der Waals surface area contributed by atoms with Crippen LogP contribution in [0.25, 0.3) is 0 Å². The Labute approximate surface area is 114 Å². The molecular weight excluding hydrogens is 269 g/mol. The fourth-order valence-corrected chi connectivity index (χ4v) is 1.87. The summed E-state index contributed by atoms with van der Waals surface area (Å²) < 4.78 is 13.5. The van der Waals surface area contributed by atoms with E-state index in [9.17, 15) is 9.18 Å². The topological polar surface area (TPSA) is 54.9 Å². The van der Waals surface area contributed by atoms with Crippen molar-refractivity contribution in [2.75, 3.05) is 5.32 Å². The van der Waals surface area contributed by atoms with Gasteiger partial charge < -0.3 is 5.32 Å². The van der Waals surface area contributed by atoms with Gasteiger partial charge in [-0.1, -0.05) is 17.7 Å². The first-order valence-corrected chi connectivity index (χ1v) is 5.92. The number of aromatic nitrogens is 2. The molecule has 1 aromatic heterocycles. The molecule has 2 aromatic rings. The van der Waals surface area contributed by atoms with Crippen molar-refractivity contribution >= 4 is 29.4 Å². The monoisotopic (exact) mass is 279 g/mol. The van der Waals surface area contributed by atoms with E-state index >= 15 is 0 Å². The van der Waals surface area contributed by atoms with Gasteiger partial charge in [-0.05, 0) is 26.0 Å². The van der Waals surface area contributed by atoms with Crippen molar-refractivity contribution < 1.29 is 9.18 Å². The number of anilines is 2.